The van der Waals surface area contributed by atoms with E-state index in [9.17, 15) is 14.7 Å². The van der Waals surface area contributed by atoms with E-state index in [0.717, 1.165) is 42.4 Å². The molecule has 2 amide bonds. The van der Waals surface area contributed by atoms with Gasteiger partial charge in [-0.05, 0) is 57.6 Å². The molecule has 2 aromatic rings. The average molecular weight is 429 g/mol. The fourth-order valence-corrected chi connectivity index (χ4v) is 5.52. The summed E-state index contributed by atoms with van der Waals surface area (Å²) in [6.07, 6.45) is 4.53. The predicted molar refractivity (Wildman–Crippen MR) is 118 cm³/mol. The summed E-state index contributed by atoms with van der Waals surface area (Å²) in [6.45, 7) is 4.41. The second-order valence-electron chi connectivity index (χ2n) is 7.96. The summed E-state index contributed by atoms with van der Waals surface area (Å²) < 4.78 is 0. The van der Waals surface area contributed by atoms with E-state index in [4.69, 9.17) is 0 Å². The molecule has 2 atom stereocenters. The predicted octanol–water partition coefficient (Wildman–Crippen LogP) is 2.94. The standard InChI is InChI=1S/C22H28N4O3S/c1-3-23-21(29)19-13-6-4-5-7-18(13)30-22(19)24-20(28)16-11-15(25-26-16)14-10-12(2)8-9-17(14)27/h8-10,15-16,25-27H,3-7,11H2,1-2H3,(H,23,29)(H,24,28). The normalized spacial score (nSPS) is 20.6. The van der Waals surface area contributed by atoms with Gasteiger partial charge in [0.05, 0.1) is 11.6 Å². The highest BCUT2D eigenvalue weighted by molar-refractivity contribution is 7.17. The van der Waals surface area contributed by atoms with Gasteiger partial charge in [-0.3, -0.25) is 9.59 Å². The van der Waals surface area contributed by atoms with Crippen LogP contribution in [0, 0.1) is 6.92 Å². The monoisotopic (exact) mass is 428 g/mol. The number of hydrogen-bond acceptors (Lipinski definition) is 6. The summed E-state index contributed by atoms with van der Waals surface area (Å²) in [6, 6.07) is 4.83. The Labute approximate surface area is 180 Å². The van der Waals surface area contributed by atoms with E-state index in [1.54, 1.807) is 6.07 Å². The van der Waals surface area contributed by atoms with Gasteiger partial charge in [0.2, 0.25) is 5.91 Å². The lowest BCUT2D eigenvalue weighted by molar-refractivity contribution is -0.117. The summed E-state index contributed by atoms with van der Waals surface area (Å²) in [4.78, 5) is 26.9. The number of rotatable bonds is 5. The third kappa shape index (κ3) is 4.08. The van der Waals surface area contributed by atoms with E-state index in [-0.39, 0.29) is 23.6 Å². The SMILES string of the molecule is CCNC(=O)c1c(NC(=O)C2CC(c3cc(C)ccc3O)NN2)sc2c1CCCC2. The molecule has 1 aliphatic carbocycles. The summed E-state index contributed by atoms with van der Waals surface area (Å²) in [5, 5.41) is 16.7. The molecule has 0 spiro atoms. The van der Waals surface area contributed by atoms with Gasteiger partial charge in [-0.1, -0.05) is 17.7 Å². The van der Waals surface area contributed by atoms with Gasteiger partial charge in [0, 0.05) is 17.0 Å². The highest BCUT2D eigenvalue weighted by atomic mass is 32.1. The molecule has 30 heavy (non-hydrogen) atoms. The van der Waals surface area contributed by atoms with Crippen molar-refractivity contribution in [1.29, 1.82) is 0 Å². The molecule has 1 fully saturated rings. The van der Waals surface area contributed by atoms with Crippen molar-refractivity contribution < 1.29 is 14.7 Å². The first-order valence-electron chi connectivity index (χ1n) is 10.5. The lowest BCUT2D eigenvalue weighted by atomic mass is 9.95. The number of anilines is 1. The molecule has 2 unspecified atom stereocenters. The van der Waals surface area contributed by atoms with Crippen molar-refractivity contribution in [2.24, 2.45) is 0 Å². The van der Waals surface area contributed by atoms with Gasteiger partial charge < -0.3 is 15.7 Å². The maximum atomic E-state index is 13.0. The summed E-state index contributed by atoms with van der Waals surface area (Å²) in [7, 11) is 0. The fraction of sp³-hybridized carbons (Fsp3) is 0.455. The van der Waals surface area contributed by atoms with E-state index >= 15 is 0 Å². The van der Waals surface area contributed by atoms with Crippen LogP contribution in [0.2, 0.25) is 0 Å². The molecule has 1 aliphatic heterocycles. The van der Waals surface area contributed by atoms with Crippen LogP contribution in [0.4, 0.5) is 5.00 Å². The number of aromatic hydroxyl groups is 1. The van der Waals surface area contributed by atoms with Gasteiger partial charge in [-0.15, -0.1) is 11.3 Å². The van der Waals surface area contributed by atoms with Gasteiger partial charge in [-0.2, -0.15) is 0 Å². The molecule has 5 N–H and O–H groups in total. The molecule has 0 radical (unpaired) electrons. The van der Waals surface area contributed by atoms with Crippen LogP contribution in [0.25, 0.3) is 0 Å². The van der Waals surface area contributed by atoms with Crippen LogP contribution in [0.3, 0.4) is 0 Å². The smallest absolute Gasteiger partial charge is 0.254 e. The first-order valence-corrected chi connectivity index (χ1v) is 11.3. The van der Waals surface area contributed by atoms with Crippen LogP contribution in [0.1, 0.15) is 64.2 Å². The number of carbonyl (C=O) groups excluding carboxylic acids is 2. The zero-order chi connectivity index (χ0) is 21.3. The zero-order valence-electron chi connectivity index (χ0n) is 17.3. The minimum atomic E-state index is -0.462. The van der Waals surface area contributed by atoms with E-state index in [0.29, 0.717) is 23.5 Å². The largest absolute Gasteiger partial charge is 0.508 e. The molecule has 1 saturated heterocycles. The number of hydrazine groups is 1. The van der Waals surface area contributed by atoms with Gasteiger partial charge in [0.15, 0.2) is 0 Å². The maximum absolute atomic E-state index is 13.0. The molecule has 8 heteroatoms. The molecular weight excluding hydrogens is 400 g/mol. The molecule has 0 bridgehead atoms. The Morgan fingerprint density at radius 2 is 2.03 bits per heavy atom. The van der Waals surface area contributed by atoms with Crippen LogP contribution in [-0.4, -0.2) is 29.5 Å². The van der Waals surface area contributed by atoms with Crippen LogP contribution >= 0.6 is 11.3 Å². The van der Waals surface area contributed by atoms with Crippen molar-refractivity contribution in [2.45, 2.75) is 58.0 Å². The van der Waals surface area contributed by atoms with E-state index in [2.05, 4.69) is 21.5 Å². The van der Waals surface area contributed by atoms with E-state index < -0.39 is 6.04 Å². The third-order valence-electron chi connectivity index (χ3n) is 5.75. The Morgan fingerprint density at radius 3 is 2.83 bits per heavy atom. The molecule has 1 aromatic carbocycles. The topological polar surface area (TPSA) is 102 Å². The number of thiophene rings is 1. The zero-order valence-corrected chi connectivity index (χ0v) is 18.1. The molecule has 4 rings (SSSR count). The van der Waals surface area contributed by atoms with Gasteiger partial charge >= 0.3 is 0 Å². The van der Waals surface area contributed by atoms with Crippen LogP contribution in [0.5, 0.6) is 5.75 Å². The van der Waals surface area contributed by atoms with E-state index in [1.165, 1.54) is 16.2 Å². The summed E-state index contributed by atoms with van der Waals surface area (Å²) >= 11 is 1.52. The fourth-order valence-electron chi connectivity index (χ4n) is 4.23. The molecule has 1 aromatic heterocycles. The minimum Gasteiger partial charge on any atom is -0.508 e. The van der Waals surface area contributed by atoms with Crippen LogP contribution in [0.15, 0.2) is 18.2 Å². The van der Waals surface area contributed by atoms with Crippen LogP contribution in [-0.2, 0) is 17.6 Å². The minimum absolute atomic E-state index is 0.118. The number of benzene rings is 1. The maximum Gasteiger partial charge on any atom is 0.254 e. The number of phenolic OH excluding ortho intramolecular Hbond substituents is 1. The highest BCUT2D eigenvalue weighted by Crippen LogP contribution is 2.38. The number of amides is 2. The van der Waals surface area contributed by atoms with Crippen molar-refractivity contribution in [3.05, 3.63) is 45.3 Å². The number of carbonyl (C=O) groups is 2. The van der Waals surface area contributed by atoms with Crippen molar-refractivity contribution in [2.75, 3.05) is 11.9 Å². The third-order valence-corrected chi connectivity index (χ3v) is 6.96. The highest BCUT2D eigenvalue weighted by Gasteiger charge is 2.33. The van der Waals surface area contributed by atoms with Crippen LogP contribution < -0.4 is 21.5 Å². The Balaban J connectivity index is 1.51. The second-order valence-corrected chi connectivity index (χ2v) is 9.06. The van der Waals surface area contributed by atoms with Crippen molar-refractivity contribution in [1.82, 2.24) is 16.2 Å². The molecule has 2 heterocycles. The first-order chi connectivity index (χ1) is 14.5. The lowest BCUT2D eigenvalue weighted by Crippen LogP contribution is -2.39. The molecule has 7 nitrogen and oxygen atoms in total. The average Bonchev–Trinajstić information content (AvgIpc) is 3.34. The van der Waals surface area contributed by atoms with Crippen molar-refractivity contribution >= 4 is 28.2 Å². The van der Waals surface area contributed by atoms with Gasteiger partial charge in [0.25, 0.3) is 5.91 Å². The number of hydrogen-bond donors (Lipinski definition) is 5. The number of phenols is 1. The Hall–Kier alpha value is -2.42. The van der Waals surface area contributed by atoms with Gasteiger partial charge in [0.1, 0.15) is 16.8 Å². The number of nitrogens with one attached hydrogen (secondary N) is 4. The lowest BCUT2D eigenvalue weighted by Gasteiger charge is -2.14. The molecule has 160 valence electrons. The first kappa shape index (κ1) is 20.8. The van der Waals surface area contributed by atoms with Crippen molar-refractivity contribution in [3.63, 3.8) is 0 Å². The molecule has 2 aliphatic rings. The van der Waals surface area contributed by atoms with E-state index in [1.807, 2.05) is 26.0 Å². The summed E-state index contributed by atoms with van der Waals surface area (Å²) in [5.41, 5.74) is 9.69. The quantitative estimate of drug-likeness (QED) is 0.504. The second kappa shape index (κ2) is 8.75. The Kier molecular flexibility index (Phi) is 6.08. The van der Waals surface area contributed by atoms with Gasteiger partial charge in [-0.25, -0.2) is 10.9 Å². The van der Waals surface area contributed by atoms with Crippen molar-refractivity contribution in [3.8, 4) is 5.75 Å². The Bertz CT molecular complexity index is 972. The summed E-state index contributed by atoms with van der Waals surface area (Å²) in [5.74, 6) is -0.0843. The molecule has 0 saturated carbocycles. The number of fused-ring (bicyclic) bond motifs is 1. The number of aryl methyl sites for hydroxylation is 2. The molecular formula is C22H28N4O3S. The Morgan fingerprint density at radius 1 is 1.23 bits per heavy atom.